The number of rotatable bonds is 4. The van der Waals surface area contributed by atoms with Gasteiger partial charge in [0.05, 0.1) is 5.25 Å². The molecule has 4 nitrogen and oxygen atoms in total. The van der Waals surface area contributed by atoms with Gasteiger partial charge in [0, 0.05) is 16.3 Å². The van der Waals surface area contributed by atoms with Crippen molar-refractivity contribution in [1.29, 1.82) is 0 Å². The van der Waals surface area contributed by atoms with Crippen molar-refractivity contribution in [1.82, 2.24) is 15.3 Å². The zero-order chi connectivity index (χ0) is 17.4. The lowest BCUT2D eigenvalue weighted by Crippen LogP contribution is -2.37. The summed E-state index contributed by atoms with van der Waals surface area (Å²) in [6.45, 7) is 4.31. The zero-order valence-corrected chi connectivity index (χ0v) is 16.5. The Kier molecular flexibility index (Phi) is 5.00. The van der Waals surface area contributed by atoms with Crippen LogP contribution >= 0.6 is 23.1 Å². The fraction of sp³-hybridized carbons (Fsp3) is 0.632. The van der Waals surface area contributed by atoms with Gasteiger partial charge in [-0.1, -0.05) is 31.5 Å². The Hall–Kier alpha value is -1.14. The molecule has 1 saturated carbocycles. The molecule has 1 N–H and O–H groups in total. The lowest BCUT2D eigenvalue weighted by molar-refractivity contribution is -0.120. The first kappa shape index (κ1) is 17.3. The van der Waals surface area contributed by atoms with E-state index in [2.05, 4.69) is 22.2 Å². The van der Waals surface area contributed by atoms with Crippen LogP contribution in [0.4, 0.5) is 0 Å². The molecule has 2 heterocycles. The maximum atomic E-state index is 12.5. The first-order chi connectivity index (χ1) is 12.1. The molecule has 25 heavy (non-hydrogen) atoms. The maximum Gasteiger partial charge on any atom is 0.233 e. The number of aryl methyl sites for hydroxylation is 1. The zero-order valence-electron chi connectivity index (χ0n) is 14.9. The Bertz CT molecular complexity index is 782. The Morgan fingerprint density at radius 1 is 1.32 bits per heavy atom. The van der Waals surface area contributed by atoms with Crippen molar-refractivity contribution in [2.75, 3.05) is 0 Å². The smallest absolute Gasteiger partial charge is 0.233 e. The van der Waals surface area contributed by atoms with Crippen molar-refractivity contribution in [3.63, 3.8) is 0 Å². The molecule has 2 aromatic rings. The SMILES string of the molecule is C[C@@H]1CCc2c(sc3ncnc(S[C@@H](C)C(=O)NC4CCCC4)c23)C1. The number of fused-ring (bicyclic) bond motifs is 3. The van der Waals surface area contributed by atoms with Gasteiger partial charge in [0.15, 0.2) is 0 Å². The van der Waals surface area contributed by atoms with E-state index >= 15 is 0 Å². The Morgan fingerprint density at radius 3 is 2.92 bits per heavy atom. The third kappa shape index (κ3) is 3.56. The molecule has 4 rings (SSSR count). The third-order valence-electron chi connectivity index (χ3n) is 5.42. The monoisotopic (exact) mass is 375 g/mol. The van der Waals surface area contributed by atoms with Gasteiger partial charge >= 0.3 is 0 Å². The summed E-state index contributed by atoms with van der Waals surface area (Å²) in [6, 6.07) is 0.372. The largest absolute Gasteiger partial charge is 0.352 e. The Labute approximate surface area is 157 Å². The van der Waals surface area contributed by atoms with E-state index in [0.717, 1.165) is 41.5 Å². The molecule has 0 saturated heterocycles. The average Bonchev–Trinajstić information content (AvgIpc) is 3.21. The molecule has 0 unspecified atom stereocenters. The van der Waals surface area contributed by atoms with Crippen molar-refractivity contribution in [2.45, 2.75) is 75.1 Å². The van der Waals surface area contributed by atoms with E-state index in [9.17, 15) is 4.79 Å². The molecule has 1 fully saturated rings. The van der Waals surface area contributed by atoms with E-state index in [0.29, 0.717) is 6.04 Å². The van der Waals surface area contributed by atoms with Crippen LogP contribution in [0.5, 0.6) is 0 Å². The Balaban J connectivity index is 1.55. The van der Waals surface area contributed by atoms with Crippen molar-refractivity contribution in [3.8, 4) is 0 Å². The van der Waals surface area contributed by atoms with Gasteiger partial charge in [-0.05, 0) is 50.5 Å². The van der Waals surface area contributed by atoms with Gasteiger partial charge in [0.25, 0.3) is 0 Å². The number of nitrogens with zero attached hydrogens (tertiary/aromatic N) is 2. The summed E-state index contributed by atoms with van der Waals surface area (Å²) in [5.41, 5.74) is 1.43. The minimum Gasteiger partial charge on any atom is -0.352 e. The summed E-state index contributed by atoms with van der Waals surface area (Å²) >= 11 is 3.40. The number of carbonyl (C=O) groups is 1. The van der Waals surface area contributed by atoms with Crippen LogP contribution in [0.1, 0.15) is 56.4 Å². The van der Waals surface area contributed by atoms with E-state index in [1.54, 1.807) is 18.1 Å². The van der Waals surface area contributed by atoms with E-state index in [1.165, 1.54) is 35.1 Å². The van der Waals surface area contributed by atoms with E-state index < -0.39 is 0 Å². The van der Waals surface area contributed by atoms with Crippen LogP contribution in [0.2, 0.25) is 0 Å². The van der Waals surface area contributed by atoms with E-state index in [4.69, 9.17) is 0 Å². The molecule has 2 aliphatic rings. The molecule has 6 heteroatoms. The molecule has 0 radical (unpaired) electrons. The van der Waals surface area contributed by atoms with Gasteiger partial charge < -0.3 is 5.32 Å². The van der Waals surface area contributed by atoms with Gasteiger partial charge in [0.2, 0.25) is 5.91 Å². The van der Waals surface area contributed by atoms with Gasteiger partial charge in [0.1, 0.15) is 16.2 Å². The molecule has 0 aliphatic heterocycles. The molecule has 2 aromatic heterocycles. The summed E-state index contributed by atoms with van der Waals surface area (Å²) in [5, 5.41) is 5.27. The molecule has 0 spiro atoms. The van der Waals surface area contributed by atoms with Crippen molar-refractivity contribution in [3.05, 3.63) is 16.8 Å². The second-order valence-electron chi connectivity index (χ2n) is 7.46. The highest BCUT2D eigenvalue weighted by molar-refractivity contribution is 8.00. The lowest BCUT2D eigenvalue weighted by atomic mass is 9.89. The highest BCUT2D eigenvalue weighted by atomic mass is 32.2. The normalized spacial score (nSPS) is 22.1. The Morgan fingerprint density at radius 2 is 2.12 bits per heavy atom. The van der Waals surface area contributed by atoms with Gasteiger partial charge in [-0.3, -0.25) is 4.79 Å². The molecular weight excluding hydrogens is 350 g/mol. The van der Waals surface area contributed by atoms with Crippen LogP contribution in [0.15, 0.2) is 11.4 Å². The van der Waals surface area contributed by atoms with Crippen LogP contribution < -0.4 is 5.32 Å². The molecule has 2 aliphatic carbocycles. The van der Waals surface area contributed by atoms with Gasteiger partial charge in [-0.15, -0.1) is 11.3 Å². The number of nitrogens with one attached hydrogen (secondary N) is 1. The molecule has 0 bridgehead atoms. The molecular formula is C19H25N3OS2. The topological polar surface area (TPSA) is 54.9 Å². The second-order valence-corrected chi connectivity index (χ2v) is 9.87. The fourth-order valence-electron chi connectivity index (χ4n) is 3.95. The average molecular weight is 376 g/mol. The predicted molar refractivity (Wildman–Crippen MR) is 104 cm³/mol. The number of hydrogen-bond donors (Lipinski definition) is 1. The first-order valence-corrected chi connectivity index (χ1v) is 11.0. The third-order valence-corrected chi connectivity index (χ3v) is 7.68. The minimum atomic E-state index is -0.128. The number of hydrogen-bond acceptors (Lipinski definition) is 5. The summed E-state index contributed by atoms with van der Waals surface area (Å²) in [4.78, 5) is 24.1. The summed E-state index contributed by atoms with van der Waals surface area (Å²) < 4.78 is 0. The quantitative estimate of drug-likeness (QED) is 0.637. The number of thioether (sulfide) groups is 1. The van der Waals surface area contributed by atoms with Crippen LogP contribution in [0.25, 0.3) is 10.2 Å². The standard InChI is InChI=1S/C19H25N3OS2/c1-11-7-8-14-15(9-11)25-19-16(14)18(20-10-21-19)24-12(2)17(23)22-13-5-3-4-6-13/h10-13H,3-9H2,1-2H3,(H,22,23)/t11-,12+/m1/s1. The summed E-state index contributed by atoms with van der Waals surface area (Å²) in [5.74, 6) is 0.891. The second kappa shape index (κ2) is 7.23. The van der Waals surface area contributed by atoms with Crippen molar-refractivity contribution >= 4 is 39.2 Å². The van der Waals surface area contributed by atoms with Crippen molar-refractivity contribution in [2.24, 2.45) is 5.92 Å². The minimum absolute atomic E-state index is 0.128. The summed E-state index contributed by atoms with van der Waals surface area (Å²) in [7, 11) is 0. The number of amides is 1. The van der Waals surface area contributed by atoms with Gasteiger partial charge in [-0.2, -0.15) is 0 Å². The van der Waals surface area contributed by atoms with Crippen LogP contribution in [0.3, 0.4) is 0 Å². The van der Waals surface area contributed by atoms with Gasteiger partial charge in [-0.25, -0.2) is 9.97 Å². The fourth-order valence-corrected chi connectivity index (χ4v) is 6.32. The van der Waals surface area contributed by atoms with E-state index in [-0.39, 0.29) is 11.2 Å². The van der Waals surface area contributed by atoms with Crippen LogP contribution in [-0.4, -0.2) is 27.2 Å². The van der Waals surface area contributed by atoms with E-state index in [1.807, 2.05) is 18.3 Å². The molecule has 134 valence electrons. The molecule has 1 amide bonds. The molecule has 2 atom stereocenters. The maximum absolute atomic E-state index is 12.5. The van der Waals surface area contributed by atoms with Crippen molar-refractivity contribution < 1.29 is 4.79 Å². The predicted octanol–water partition coefficient (Wildman–Crippen LogP) is 4.36. The van der Waals surface area contributed by atoms with Crippen LogP contribution in [-0.2, 0) is 17.6 Å². The molecule has 0 aromatic carbocycles. The lowest BCUT2D eigenvalue weighted by Gasteiger charge is -2.19. The summed E-state index contributed by atoms with van der Waals surface area (Å²) in [6.07, 6.45) is 9.86. The highest BCUT2D eigenvalue weighted by Crippen LogP contribution is 2.41. The number of thiophene rings is 1. The number of carbonyl (C=O) groups excluding carboxylic acids is 1. The van der Waals surface area contributed by atoms with Crippen LogP contribution in [0, 0.1) is 5.92 Å². The number of aromatic nitrogens is 2. The highest BCUT2D eigenvalue weighted by Gasteiger charge is 2.26. The first-order valence-electron chi connectivity index (χ1n) is 9.34.